The number of hydrogen-bond donors (Lipinski definition) is 2. The number of phosphoric acid groups is 1. The quantitative estimate of drug-likeness (QED) is 0.0265. The van der Waals surface area contributed by atoms with Crippen molar-refractivity contribution in [2.45, 2.75) is 187 Å². The van der Waals surface area contributed by atoms with E-state index in [4.69, 9.17) is 24.3 Å². The normalized spacial score (nSPS) is 14.3. The van der Waals surface area contributed by atoms with Gasteiger partial charge in [0.15, 0.2) is 6.10 Å². The van der Waals surface area contributed by atoms with Crippen LogP contribution in [0.1, 0.15) is 181 Å². The molecule has 3 N–H and O–H groups in total. The van der Waals surface area contributed by atoms with E-state index < -0.39 is 32.5 Å². The monoisotopic (exact) mass is 950 g/mol. The lowest BCUT2D eigenvalue weighted by Gasteiger charge is -2.19. The number of carbonyl (C=O) groups excluding carboxylic acids is 2. The molecule has 0 bridgehead atoms. The first-order valence-corrected chi connectivity index (χ1v) is 27.2. The molecule has 2 unspecified atom stereocenters. The number of nitrogens with two attached hydrogens (primary N) is 1. The molecule has 2 atom stereocenters. The van der Waals surface area contributed by atoms with Crippen LogP contribution in [0.3, 0.4) is 0 Å². The first-order valence-electron chi connectivity index (χ1n) is 25.7. The van der Waals surface area contributed by atoms with Crippen LogP contribution in [0.5, 0.6) is 0 Å². The SMILES string of the molecule is CC/C=C\C/C=C\C/C=C\C/C=C\C/C=C\C/C=C\CCCCCCCCC(=O)OC(COC(=O)CCCCCCC/C=C\C/C=C\C/C=C\C/C=C\C/C=C\CC)COP(=O)(O)OCCN. The van der Waals surface area contributed by atoms with Crippen molar-refractivity contribution in [2.75, 3.05) is 26.4 Å². The molecule has 0 rings (SSSR count). The molecule has 0 radical (unpaired) electrons. The van der Waals surface area contributed by atoms with Gasteiger partial charge >= 0.3 is 19.8 Å². The topological polar surface area (TPSA) is 134 Å². The number of hydrogen-bond acceptors (Lipinski definition) is 8. The summed E-state index contributed by atoms with van der Waals surface area (Å²) < 4.78 is 32.9. The molecule has 67 heavy (non-hydrogen) atoms. The second-order valence-corrected chi connectivity index (χ2v) is 17.7. The van der Waals surface area contributed by atoms with Gasteiger partial charge in [-0.15, -0.1) is 0 Å². The molecular weight excluding hydrogens is 858 g/mol. The molecule has 0 aliphatic rings. The highest BCUT2D eigenvalue weighted by molar-refractivity contribution is 7.47. The van der Waals surface area contributed by atoms with Crippen LogP contribution >= 0.6 is 7.82 Å². The highest BCUT2D eigenvalue weighted by atomic mass is 31.2. The number of phosphoric ester groups is 1. The Labute approximate surface area is 408 Å². The average Bonchev–Trinajstić information content (AvgIpc) is 3.32. The Morgan fingerprint density at radius 3 is 1.15 bits per heavy atom. The third kappa shape index (κ3) is 51.4. The largest absolute Gasteiger partial charge is 0.472 e. The first kappa shape index (κ1) is 63.1. The zero-order valence-electron chi connectivity index (χ0n) is 41.8. The summed E-state index contributed by atoms with van der Waals surface area (Å²) in [5, 5.41) is 0. The minimum Gasteiger partial charge on any atom is -0.462 e. The van der Waals surface area contributed by atoms with E-state index in [1.54, 1.807) is 0 Å². The molecule has 0 aliphatic heterocycles. The van der Waals surface area contributed by atoms with Gasteiger partial charge in [-0.3, -0.25) is 18.6 Å². The Kier molecular flexibility index (Phi) is 48.6. The molecule has 0 saturated carbocycles. The van der Waals surface area contributed by atoms with Crippen molar-refractivity contribution in [3.05, 3.63) is 134 Å². The second-order valence-electron chi connectivity index (χ2n) is 16.3. The molecule has 0 spiro atoms. The van der Waals surface area contributed by atoms with Gasteiger partial charge in [-0.25, -0.2) is 4.57 Å². The Bertz CT molecular complexity index is 1550. The predicted octanol–water partition coefficient (Wildman–Crippen LogP) is 15.8. The predicted molar refractivity (Wildman–Crippen MR) is 284 cm³/mol. The summed E-state index contributed by atoms with van der Waals surface area (Å²) in [4.78, 5) is 35.1. The van der Waals surface area contributed by atoms with Gasteiger partial charge in [-0.2, -0.15) is 0 Å². The van der Waals surface area contributed by atoms with Crippen molar-refractivity contribution in [1.82, 2.24) is 0 Å². The Balaban J connectivity index is 4.18. The molecule has 0 saturated heterocycles. The van der Waals surface area contributed by atoms with E-state index in [2.05, 4.69) is 148 Å². The maximum Gasteiger partial charge on any atom is 0.472 e. The molecular formula is C57H92NO8P. The number of unbranched alkanes of at least 4 members (excludes halogenated alkanes) is 11. The van der Waals surface area contributed by atoms with Crippen molar-refractivity contribution in [3.63, 3.8) is 0 Å². The van der Waals surface area contributed by atoms with Gasteiger partial charge in [-0.05, 0) is 109 Å². The summed E-state index contributed by atoms with van der Waals surface area (Å²) in [6, 6.07) is 0. The van der Waals surface area contributed by atoms with Gasteiger partial charge in [0.2, 0.25) is 0 Å². The lowest BCUT2D eigenvalue weighted by molar-refractivity contribution is -0.161. The van der Waals surface area contributed by atoms with Crippen LogP contribution in [0.15, 0.2) is 134 Å². The number of rotatable bonds is 46. The van der Waals surface area contributed by atoms with Crippen molar-refractivity contribution >= 4 is 19.8 Å². The van der Waals surface area contributed by atoms with Crippen LogP contribution in [-0.2, 0) is 32.7 Å². The maximum absolute atomic E-state index is 12.7. The summed E-state index contributed by atoms with van der Waals surface area (Å²) in [5.41, 5.74) is 5.37. The molecule has 9 nitrogen and oxygen atoms in total. The minimum atomic E-state index is -4.40. The van der Waals surface area contributed by atoms with Gasteiger partial charge in [0.25, 0.3) is 0 Å². The summed E-state index contributed by atoms with van der Waals surface area (Å²) in [6.07, 6.45) is 71.9. The van der Waals surface area contributed by atoms with Crippen LogP contribution in [0, 0.1) is 0 Å². The highest BCUT2D eigenvalue weighted by Gasteiger charge is 2.26. The Morgan fingerprint density at radius 2 is 0.776 bits per heavy atom. The zero-order valence-corrected chi connectivity index (χ0v) is 42.7. The summed E-state index contributed by atoms with van der Waals surface area (Å²) in [6.45, 7) is 3.45. The van der Waals surface area contributed by atoms with Gasteiger partial charge < -0.3 is 20.1 Å². The summed E-state index contributed by atoms with van der Waals surface area (Å²) in [7, 11) is -4.40. The molecule has 0 aromatic heterocycles. The van der Waals surface area contributed by atoms with Crippen LogP contribution in [0.25, 0.3) is 0 Å². The van der Waals surface area contributed by atoms with E-state index in [1.165, 1.54) is 0 Å². The fourth-order valence-corrected chi connectivity index (χ4v) is 7.08. The summed E-state index contributed by atoms with van der Waals surface area (Å²) in [5.74, 6) is -0.880. The van der Waals surface area contributed by atoms with Crippen molar-refractivity contribution in [3.8, 4) is 0 Å². The smallest absolute Gasteiger partial charge is 0.462 e. The molecule has 0 aliphatic carbocycles. The standard InChI is InChI=1S/C57H92NO8P/c1-3-5-7-9-11-13-15-17-19-21-23-25-26-27-28-30-32-34-36-38-40-42-44-46-48-50-57(60)66-55(54-65-67(61,62)64-52-51-58)53-63-56(59)49-47-45-43-41-39-37-35-33-31-29-24-22-20-18-16-14-12-10-8-6-4-2/h5-8,11-14,17-20,23-25,27-29,32-35,55H,3-4,9-10,15-16,21-22,26,30-31,36-54,58H2,1-2H3,(H,61,62)/b7-5-,8-6-,13-11-,14-12-,19-17-,20-18-,25-23-,28-27-,29-24-,34-32-,35-33-. The lowest BCUT2D eigenvalue weighted by atomic mass is 10.1. The molecule has 0 aromatic carbocycles. The van der Waals surface area contributed by atoms with Crippen LogP contribution in [0.2, 0.25) is 0 Å². The molecule has 10 heteroatoms. The zero-order chi connectivity index (χ0) is 48.8. The van der Waals surface area contributed by atoms with E-state index in [0.29, 0.717) is 12.8 Å². The fourth-order valence-electron chi connectivity index (χ4n) is 6.31. The van der Waals surface area contributed by atoms with Crippen LogP contribution in [0.4, 0.5) is 0 Å². The third-order valence-corrected chi connectivity index (χ3v) is 11.0. The van der Waals surface area contributed by atoms with E-state index >= 15 is 0 Å². The fraction of sp³-hybridized carbons (Fsp3) is 0.579. The summed E-state index contributed by atoms with van der Waals surface area (Å²) >= 11 is 0. The van der Waals surface area contributed by atoms with Gasteiger partial charge in [-0.1, -0.05) is 192 Å². The first-order chi connectivity index (χ1) is 32.8. The van der Waals surface area contributed by atoms with E-state index in [1.807, 2.05) is 0 Å². The van der Waals surface area contributed by atoms with E-state index in [9.17, 15) is 19.0 Å². The van der Waals surface area contributed by atoms with Gasteiger partial charge in [0, 0.05) is 19.4 Å². The van der Waals surface area contributed by atoms with Crippen molar-refractivity contribution in [1.29, 1.82) is 0 Å². The van der Waals surface area contributed by atoms with Crippen LogP contribution in [-0.4, -0.2) is 49.3 Å². The minimum absolute atomic E-state index is 0.0394. The second kappa shape index (κ2) is 51.5. The highest BCUT2D eigenvalue weighted by Crippen LogP contribution is 2.43. The lowest BCUT2D eigenvalue weighted by Crippen LogP contribution is -2.29. The number of allylic oxidation sites excluding steroid dienone is 22. The molecule has 0 amide bonds. The molecule has 0 aromatic rings. The number of ether oxygens (including phenoxy) is 2. The molecule has 0 fully saturated rings. The third-order valence-electron chi connectivity index (χ3n) is 10.0. The van der Waals surface area contributed by atoms with E-state index in [-0.39, 0.29) is 32.6 Å². The number of carbonyl (C=O) groups is 2. The van der Waals surface area contributed by atoms with E-state index in [0.717, 1.165) is 141 Å². The molecule has 378 valence electrons. The van der Waals surface area contributed by atoms with Gasteiger partial charge in [0.1, 0.15) is 6.61 Å². The van der Waals surface area contributed by atoms with Crippen LogP contribution < -0.4 is 5.73 Å². The average molecular weight is 950 g/mol. The number of esters is 2. The van der Waals surface area contributed by atoms with Crippen molar-refractivity contribution < 1.29 is 37.6 Å². The Hall–Kier alpha value is -3.85. The molecule has 0 heterocycles. The van der Waals surface area contributed by atoms with Crippen molar-refractivity contribution in [2.24, 2.45) is 5.73 Å². The van der Waals surface area contributed by atoms with Gasteiger partial charge in [0.05, 0.1) is 13.2 Å². The maximum atomic E-state index is 12.7. The Morgan fingerprint density at radius 1 is 0.448 bits per heavy atom.